The molecule has 17 heavy (non-hydrogen) atoms. The standard InChI is InChI=1S/C11H18O6/c1-7(9(13)14)5-4-6-11(3,10(15)16)17-8(2)12/h7H,4-6H2,1-3H3,(H,13,14)(H,15,16). The zero-order chi connectivity index (χ0) is 13.6. The molecule has 0 heterocycles. The second-order valence-electron chi connectivity index (χ2n) is 4.26. The van der Waals surface area contributed by atoms with Crippen LogP contribution in [0.4, 0.5) is 0 Å². The Labute approximate surface area is 99.6 Å². The molecule has 0 fully saturated rings. The summed E-state index contributed by atoms with van der Waals surface area (Å²) in [5.74, 6) is -3.35. The maximum atomic E-state index is 11.0. The molecule has 0 aliphatic heterocycles. The highest BCUT2D eigenvalue weighted by atomic mass is 16.6. The Kier molecular flexibility index (Phi) is 5.64. The molecule has 0 aliphatic carbocycles. The van der Waals surface area contributed by atoms with Crippen molar-refractivity contribution in [2.45, 2.75) is 45.6 Å². The van der Waals surface area contributed by atoms with Gasteiger partial charge in [-0.1, -0.05) is 6.92 Å². The molecular weight excluding hydrogens is 228 g/mol. The summed E-state index contributed by atoms with van der Waals surface area (Å²) >= 11 is 0. The van der Waals surface area contributed by atoms with E-state index in [-0.39, 0.29) is 6.42 Å². The van der Waals surface area contributed by atoms with Crippen LogP contribution in [0, 0.1) is 5.92 Å². The summed E-state index contributed by atoms with van der Waals surface area (Å²) in [5, 5.41) is 17.6. The van der Waals surface area contributed by atoms with E-state index < -0.39 is 29.4 Å². The molecule has 2 unspecified atom stereocenters. The van der Waals surface area contributed by atoms with Crippen LogP contribution < -0.4 is 0 Å². The number of hydrogen-bond acceptors (Lipinski definition) is 4. The fraction of sp³-hybridized carbons (Fsp3) is 0.727. The normalized spacial score (nSPS) is 15.7. The van der Waals surface area contributed by atoms with Crippen molar-refractivity contribution in [2.24, 2.45) is 5.92 Å². The molecule has 0 saturated heterocycles. The first kappa shape index (κ1) is 15.4. The average Bonchev–Trinajstić information content (AvgIpc) is 2.15. The maximum absolute atomic E-state index is 11.0. The smallest absolute Gasteiger partial charge is 0.347 e. The molecule has 6 heteroatoms. The first-order valence-electron chi connectivity index (χ1n) is 5.35. The van der Waals surface area contributed by atoms with E-state index in [1.807, 2.05) is 0 Å². The minimum Gasteiger partial charge on any atom is -0.481 e. The quantitative estimate of drug-likeness (QED) is 0.656. The zero-order valence-corrected chi connectivity index (χ0v) is 10.2. The van der Waals surface area contributed by atoms with Crippen LogP contribution in [0.5, 0.6) is 0 Å². The number of ether oxygens (including phenoxy) is 1. The van der Waals surface area contributed by atoms with E-state index >= 15 is 0 Å². The third-order valence-electron chi connectivity index (χ3n) is 2.53. The van der Waals surface area contributed by atoms with Gasteiger partial charge in [0.15, 0.2) is 0 Å². The Balaban J connectivity index is 4.33. The average molecular weight is 246 g/mol. The molecule has 0 aromatic rings. The highest BCUT2D eigenvalue weighted by Crippen LogP contribution is 2.21. The Morgan fingerprint density at radius 2 is 1.82 bits per heavy atom. The van der Waals surface area contributed by atoms with Gasteiger partial charge in [0.25, 0.3) is 0 Å². The molecule has 0 bridgehead atoms. The van der Waals surface area contributed by atoms with Gasteiger partial charge in [-0.3, -0.25) is 9.59 Å². The van der Waals surface area contributed by atoms with Gasteiger partial charge in [0.1, 0.15) is 0 Å². The van der Waals surface area contributed by atoms with E-state index in [9.17, 15) is 14.4 Å². The lowest BCUT2D eigenvalue weighted by molar-refractivity contribution is -0.176. The summed E-state index contributed by atoms with van der Waals surface area (Å²) in [4.78, 5) is 32.3. The molecule has 2 atom stereocenters. The van der Waals surface area contributed by atoms with Gasteiger partial charge in [-0.15, -0.1) is 0 Å². The molecule has 98 valence electrons. The van der Waals surface area contributed by atoms with E-state index in [0.29, 0.717) is 12.8 Å². The zero-order valence-electron chi connectivity index (χ0n) is 10.2. The molecule has 0 aliphatic rings. The van der Waals surface area contributed by atoms with Crippen LogP contribution in [0.25, 0.3) is 0 Å². The monoisotopic (exact) mass is 246 g/mol. The second-order valence-corrected chi connectivity index (χ2v) is 4.26. The third kappa shape index (κ3) is 5.33. The second kappa shape index (κ2) is 6.22. The predicted molar refractivity (Wildman–Crippen MR) is 58.5 cm³/mol. The Morgan fingerprint density at radius 1 is 1.29 bits per heavy atom. The van der Waals surface area contributed by atoms with E-state index in [1.165, 1.54) is 6.92 Å². The van der Waals surface area contributed by atoms with Crippen LogP contribution in [-0.4, -0.2) is 33.7 Å². The number of carbonyl (C=O) groups is 3. The minimum absolute atomic E-state index is 0.0968. The molecular formula is C11H18O6. The number of carboxylic acid groups (broad SMARTS) is 2. The molecule has 6 nitrogen and oxygen atoms in total. The van der Waals surface area contributed by atoms with Crippen LogP contribution in [0.15, 0.2) is 0 Å². The summed E-state index contributed by atoms with van der Waals surface area (Å²) in [6, 6.07) is 0. The van der Waals surface area contributed by atoms with Crippen molar-refractivity contribution < 1.29 is 29.3 Å². The summed E-state index contributed by atoms with van der Waals surface area (Å²) in [5.41, 5.74) is -1.58. The van der Waals surface area contributed by atoms with Crippen molar-refractivity contribution in [1.82, 2.24) is 0 Å². The van der Waals surface area contributed by atoms with Crippen molar-refractivity contribution >= 4 is 17.9 Å². The Hall–Kier alpha value is -1.59. The van der Waals surface area contributed by atoms with Gasteiger partial charge in [0.05, 0.1) is 5.92 Å². The number of rotatable bonds is 7. The Morgan fingerprint density at radius 3 is 2.18 bits per heavy atom. The van der Waals surface area contributed by atoms with E-state index in [1.54, 1.807) is 6.92 Å². The molecule has 0 saturated carbocycles. The van der Waals surface area contributed by atoms with Crippen molar-refractivity contribution in [3.05, 3.63) is 0 Å². The predicted octanol–water partition coefficient (Wildman–Crippen LogP) is 1.28. The number of hydrogen-bond donors (Lipinski definition) is 2. The first-order chi connectivity index (χ1) is 7.69. The lowest BCUT2D eigenvalue weighted by Crippen LogP contribution is -2.39. The van der Waals surface area contributed by atoms with Gasteiger partial charge in [0, 0.05) is 6.92 Å². The summed E-state index contributed by atoms with van der Waals surface area (Å²) in [7, 11) is 0. The van der Waals surface area contributed by atoms with Crippen LogP contribution in [-0.2, 0) is 19.1 Å². The van der Waals surface area contributed by atoms with Crippen molar-refractivity contribution in [3.63, 3.8) is 0 Å². The maximum Gasteiger partial charge on any atom is 0.347 e. The van der Waals surface area contributed by atoms with Gasteiger partial charge in [0.2, 0.25) is 5.60 Å². The van der Waals surface area contributed by atoms with Gasteiger partial charge < -0.3 is 14.9 Å². The third-order valence-corrected chi connectivity index (χ3v) is 2.53. The fourth-order valence-electron chi connectivity index (χ4n) is 1.39. The van der Waals surface area contributed by atoms with Crippen molar-refractivity contribution in [3.8, 4) is 0 Å². The van der Waals surface area contributed by atoms with E-state index in [2.05, 4.69) is 0 Å². The van der Waals surface area contributed by atoms with Gasteiger partial charge in [-0.2, -0.15) is 0 Å². The van der Waals surface area contributed by atoms with Crippen LogP contribution in [0.3, 0.4) is 0 Å². The molecule has 0 amide bonds. The van der Waals surface area contributed by atoms with Gasteiger partial charge in [-0.05, 0) is 26.2 Å². The minimum atomic E-state index is -1.58. The lowest BCUT2D eigenvalue weighted by Gasteiger charge is -2.24. The molecule has 0 radical (unpaired) electrons. The van der Waals surface area contributed by atoms with Gasteiger partial charge in [-0.25, -0.2) is 4.79 Å². The summed E-state index contributed by atoms with van der Waals surface area (Å²) in [6.45, 7) is 4.00. The highest BCUT2D eigenvalue weighted by Gasteiger charge is 2.36. The molecule has 0 spiro atoms. The summed E-state index contributed by atoms with van der Waals surface area (Å²) in [6.07, 6.45) is 0.808. The highest BCUT2D eigenvalue weighted by molar-refractivity contribution is 5.80. The topological polar surface area (TPSA) is 101 Å². The molecule has 2 N–H and O–H groups in total. The number of aliphatic carboxylic acids is 2. The molecule has 0 aromatic carbocycles. The summed E-state index contributed by atoms with van der Waals surface area (Å²) < 4.78 is 4.76. The van der Waals surface area contributed by atoms with Crippen molar-refractivity contribution in [2.75, 3.05) is 0 Å². The molecule has 0 rings (SSSR count). The van der Waals surface area contributed by atoms with Crippen LogP contribution >= 0.6 is 0 Å². The first-order valence-corrected chi connectivity index (χ1v) is 5.35. The van der Waals surface area contributed by atoms with E-state index in [0.717, 1.165) is 6.92 Å². The largest absolute Gasteiger partial charge is 0.481 e. The van der Waals surface area contributed by atoms with Crippen LogP contribution in [0.1, 0.15) is 40.0 Å². The fourth-order valence-corrected chi connectivity index (χ4v) is 1.39. The Bertz CT molecular complexity index is 311. The van der Waals surface area contributed by atoms with Crippen LogP contribution in [0.2, 0.25) is 0 Å². The van der Waals surface area contributed by atoms with Gasteiger partial charge >= 0.3 is 17.9 Å². The number of carboxylic acids is 2. The number of carbonyl (C=O) groups excluding carboxylic acids is 1. The van der Waals surface area contributed by atoms with E-state index in [4.69, 9.17) is 14.9 Å². The lowest BCUT2D eigenvalue weighted by atomic mass is 9.95. The van der Waals surface area contributed by atoms with Crippen molar-refractivity contribution in [1.29, 1.82) is 0 Å². The molecule has 0 aromatic heterocycles. The number of esters is 1. The SMILES string of the molecule is CC(=O)OC(C)(CCCC(C)C(=O)O)C(=O)O.